The number of nitrogens with zero attached hydrogens (tertiary/aromatic N) is 2. The number of hydrogen-bond acceptors (Lipinski definition) is 3. The Bertz CT molecular complexity index is 886. The van der Waals surface area contributed by atoms with Crippen molar-refractivity contribution < 1.29 is 18.0 Å². The van der Waals surface area contributed by atoms with Crippen LogP contribution in [0.25, 0.3) is 0 Å². The highest BCUT2D eigenvalue weighted by Gasteiger charge is 2.49. The summed E-state index contributed by atoms with van der Waals surface area (Å²) >= 11 is 0. The maximum Gasteiger partial charge on any atom is 0.410 e. The molecular formula is C19H21F3N4O. The largest absolute Gasteiger partial charge is 0.410 e. The van der Waals surface area contributed by atoms with Gasteiger partial charge in [0.15, 0.2) is 11.7 Å². The van der Waals surface area contributed by atoms with E-state index in [-0.39, 0.29) is 29.9 Å². The van der Waals surface area contributed by atoms with E-state index in [0.717, 1.165) is 28.7 Å². The molecule has 4 rings (SSSR count). The van der Waals surface area contributed by atoms with Crippen molar-refractivity contribution in [2.24, 2.45) is 5.92 Å². The zero-order chi connectivity index (χ0) is 19.3. The fourth-order valence-electron chi connectivity index (χ4n) is 3.59. The molecule has 1 saturated carbocycles. The number of rotatable bonds is 3. The highest BCUT2D eigenvalue weighted by Crippen LogP contribution is 2.45. The second-order valence-electron chi connectivity index (χ2n) is 7.44. The van der Waals surface area contributed by atoms with Gasteiger partial charge in [0.2, 0.25) is 0 Å². The van der Waals surface area contributed by atoms with E-state index in [1.54, 1.807) is 6.07 Å². The minimum Gasteiger partial charge on any atom is -0.367 e. The first kappa shape index (κ1) is 17.9. The summed E-state index contributed by atoms with van der Waals surface area (Å²) < 4.78 is 41.5. The zero-order valence-corrected chi connectivity index (χ0v) is 15.1. The predicted octanol–water partition coefficient (Wildman–Crippen LogP) is 4.45. The number of anilines is 2. The molecule has 2 aliphatic rings. The lowest BCUT2D eigenvalue weighted by molar-refractivity contribution is -0.174. The number of nitrogens with one attached hydrogen (secondary N) is 2. The van der Waals surface area contributed by atoms with E-state index in [0.29, 0.717) is 5.69 Å². The van der Waals surface area contributed by atoms with E-state index >= 15 is 0 Å². The Morgan fingerprint density at radius 1 is 1.30 bits per heavy atom. The second-order valence-corrected chi connectivity index (χ2v) is 7.44. The van der Waals surface area contributed by atoms with Crippen LogP contribution in [0, 0.1) is 19.8 Å². The molecule has 0 unspecified atom stereocenters. The minimum atomic E-state index is -4.41. The summed E-state index contributed by atoms with van der Waals surface area (Å²) in [7, 11) is 0. The smallest absolute Gasteiger partial charge is 0.367 e. The van der Waals surface area contributed by atoms with Gasteiger partial charge in [-0.25, -0.2) is 4.68 Å². The molecular weight excluding hydrogens is 357 g/mol. The van der Waals surface area contributed by atoms with Gasteiger partial charge < -0.3 is 10.6 Å². The van der Waals surface area contributed by atoms with Gasteiger partial charge in [-0.05, 0) is 56.2 Å². The maximum absolute atomic E-state index is 13.5. The Balaban J connectivity index is 1.62. The van der Waals surface area contributed by atoms with Gasteiger partial charge in [-0.2, -0.15) is 18.3 Å². The van der Waals surface area contributed by atoms with E-state index in [1.165, 1.54) is 6.07 Å². The standard InChI is InChI=1S/C19H21F3N4O/c1-10-4-3-5-13(11(10)2)24-18(27)15-9-17-23-14(12-6-7-12)8-16(19(20,21)22)26(17)25-15/h3-5,9,12,14,16,23H,6-8H2,1-2H3,(H,24,27)/t14-,16+/m0/s1. The molecule has 144 valence electrons. The Kier molecular flexibility index (Phi) is 4.16. The van der Waals surface area contributed by atoms with E-state index in [1.807, 2.05) is 26.0 Å². The number of aryl methyl sites for hydroxylation is 1. The van der Waals surface area contributed by atoms with Crippen LogP contribution >= 0.6 is 0 Å². The molecule has 1 amide bonds. The first-order chi connectivity index (χ1) is 12.7. The monoisotopic (exact) mass is 378 g/mol. The molecule has 2 heterocycles. The van der Waals surface area contributed by atoms with Crippen molar-refractivity contribution in [1.82, 2.24) is 9.78 Å². The van der Waals surface area contributed by atoms with Crippen molar-refractivity contribution in [1.29, 1.82) is 0 Å². The number of aromatic nitrogens is 2. The van der Waals surface area contributed by atoms with Crippen LogP contribution in [-0.2, 0) is 0 Å². The van der Waals surface area contributed by atoms with Crippen LogP contribution in [0.2, 0.25) is 0 Å². The summed E-state index contributed by atoms with van der Waals surface area (Å²) in [6.45, 7) is 3.81. The van der Waals surface area contributed by atoms with Crippen LogP contribution in [0.5, 0.6) is 0 Å². The van der Waals surface area contributed by atoms with E-state index < -0.39 is 18.1 Å². The average molecular weight is 378 g/mol. The summed E-state index contributed by atoms with van der Waals surface area (Å²) in [5.74, 6) is 0.00797. The number of amides is 1. The van der Waals surface area contributed by atoms with Gasteiger partial charge in [0.05, 0.1) is 0 Å². The van der Waals surface area contributed by atoms with E-state index in [9.17, 15) is 18.0 Å². The maximum atomic E-state index is 13.5. The molecule has 0 saturated heterocycles. The van der Waals surface area contributed by atoms with E-state index in [4.69, 9.17) is 0 Å². The Morgan fingerprint density at radius 3 is 2.70 bits per heavy atom. The van der Waals surface area contributed by atoms with Crippen LogP contribution in [0.1, 0.15) is 46.9 Å². The number of hydrogen-bond donors (Lipinski definition) is 2. The van der Waals surface area contributed by atoms with Crippen molar-refractivity contribution in [3.05, 3.63) is 41.1 Å². The van der Waals surface area contributed by atoms with Crippen molar-refractivity contribution in [2.75, 3.05) is 10.6 Å². The zero-order valence-electron chi connectivity index (χ0n) is 15.1. The summed E-state index contributed by atoms with van der Waals surface area (Å²) in [5, 5.41) is 9.88. The highest BCUT2D eigenvalue weighted by atomic mass is 19.4. The highest BCUT2D eigenvalue weighted by molar-refractivity contribution is 6.03. The van der Waals surface area contributed by atoms with Crippen LogP contribution in [0.15, 0.2) is 24.3 Å². The molecule has 8 heteroatoms. The quantitative estimate of drug-likeness (QED) is 0.830. The van der Waals surface area contributed by atoms with Crippen molar-refractivity contribution in [2.45, 2.75) is 51.4 Å². The second kappa shape index (κ2) is 6.28. The molecule has 1 aromatic heterocycles. The number of benzene rings is 1. The van der Waals surface area contributed by atoms with Gasteiger partial charge in [-0.1, -0.05) is 12.1 Å². The third-order valence-corrected chi connectivity index (χ3v) is 5.50. The van der Waals surface area contributed by atoms with Gasteiger partial charge in [0.25, 0.3) is 5.91 Å². The number of halogens is 3. The number of alkyl halides is 3. The lowest BCUT2D eigenvalue weighted by atomic mass is 10.0. The van der Waals surface area contributed by atoms with Crippen molar-refractivity contribution in [3.63, 3.8) is 0 Å². The SMILES string of the molecule is Cc1cccc(NC(=O)c2cc3n(n2)[C@@H](C(F)(F)F)C[C@@H](C2CC2)N3)c1C. The van der Waals surface area contributed by atoms with Gasteiger partial charge in [-0.15, -0.1) is 0 Å². The predicted molar refractivity (Wildman–Crippen MR) is 95.9 cm³/mol. The van der Waals surface area contributed by atoms with Gasteiger partial charge in [-0.3, -0.25) is 4.79 Å². The van der Waals surface area contributed by atoms with Crippen LogP contribution < -0.4 is 10.6 Å². The molecule has 5 nitrogen and oxygen atoms in total. The fraction of sp³-hybridized carbons (Fsp3) is 0.474. The molecule has 0 radical (unpaired) electrons. The molecule has 1 aliphatic carbocycles. The first-order valence-corrected chi connectivity index (χ1v) is 9.04. The Labute approximate surface area is 154 Å². The number of carbonyl (C=O) groups excluding carboxylic acids is 1. The van der Waals surface area contributed by atoms with Gasteiger partial charge in [0.1, 0.15) is 5.82 Å². The molecule has 1 aromatic carbocycles. The average Bonchev–Trinajstić information content (AvgIpc) is 3.36. The molecule has 1 fully saturated rings. The molecule has 0 spiro atoms. The normalized spacial score (nSPS) is 22.1. The molecule has 2 N–H and O–H groups in total. The summed E-state index contributed by atoms with van der Waals surface area (Å²) in [5.41, 5.74) is 2.53. The summed E-state index contributed by atoms with van der Waals surface area (Å²) in [6, 6.07) is 4.98. The van der Waals surface area contributed by atoms with Crippen LogP contribution in [0.4, 0.5) is 24.7 Å². The summed E-state index contributed by atoms with van der Waals surface area (Å²) in [6.07, 6.45) is -2.58. The third kappa shape index (κ3) is 3.40. The third-order valence-electron chi connectivity index (χ3n) is 5.50. The minimum absolute atomic E-state index is 0.0240. The molecule has 2 atom stereocenters. The van der Waals surface area contributed by atoms with Crippen LogP contribution in [-0.4, -0.2) is 27.9 Å². The fourth-order valence-corrected chi connectivity index (χ4v) is 3.59. The molecule has 27 heavy (non-hydrogen) atoms. The Morgan fingerprint density at radius 2 is 2.04 bits per heavy atom. The molecule has 2 aromatic rings. The van der Waals surface area contributed by atoms with E-state index in [2.05, 4.69) is 15.7 Å². The van der Waals surface area contributed by atoms with Crippen molar-refractivity contribution >= 4 is 17.4 Å². The van der Waals surface area contributed by atoms with Crippen LogP contribution in [0.3, 0.4) is 0 Å². The lowest BCUT2D eigenvalue weighted by Crippen LogP contribution is -2.40. The molecule has 1 aliphatic heterocycles. The topological polar surface area (TPSA) is 59.0 Å². The number of fused-ring (bicyclic) bond motifs is 1. The van der Waals surface area contributed by atoms with Gasteiger partial charge >= 0.3 is 6.18 Å². The number of carbonyl (C=O) groups is 1. The molecule has 0 bridgehead atoms. The van der Waals surface area contributed by atoms with Gasteiger partial charge in [0, 0.05) is 17.8 Å². The Hall–Kier alpha value is -2.51. The van der Waals surface area contributed by atoms with Crippen molar-refractivity contribution in [3.8, 4) is 0 Å². The summed E-state index contributed by atoms with van der Waals surface area (Å²) in [4.78, 5) is 12.6. The lowest BCUT2D eigenvalue weighted by Gasteiger charge is -2.33. The first-order valence-electron chi connectivity index (χ1n) is 9.04.